The first-order valence-corrected chi connectivity index (χ1v) is 6.55. The Kier molecular flexibility index (Phi) is 5.22. The van der Waals surface area contributed by atoms with Gasteiger partial charge in [0.1, 0.15) is 0 Å². The molecule has 0 radical (unpaired) electrons. The van der Waals surface area contributed by atoms with E-state index in [1.54, 1.807) is 0 Å². The lowest BCUT2D eigenvalue weighted by atomic mass is 9.82. The molecule has 1 atom stereocenters. The molecule has 0 spiro atoms. The highest BCUT2D eigenvalue weighted by Gasteiger charge is 2.33. The molecule has 1 saturated heterocycles. The predicted molar refractivity (Wildman–Crippen MR) is 70.6 cm³/mol. The number of hydrogen-bond acceptors (Lipinski definition) is 3. The van der Waals surface area contributed by atoms with Crippen LogP contribution >= 0.6 is 0 Å². The van der Waals surface area contributed by atoms with Crippen LogP contribution in [0.25, 0.3) is 0 Å². The largest absolute Gasteiger partial charge is 0.330 e. The van der Waals surface area contributed by atoms with Crippen molar-refractivity contribution in [1.29, 1.82) is 0 Å². The Morgan fingerprint density at radius 2 is 2.06 bits per heavy atom. The molecule has 0 aromatic rings. The van der Waals surface area contributed by atoms with Crippen molar-refractivity contribution in [3.63, 3.8) is 0 Å². The van der Waals surface area contributed by atoms with Crippen LogP contribution in [0, 0.1) is 5.92 Å². The molecule has 1 heterocycles. The summed E-state index contributed by atoms with van der Waals surface area (Å²) in [6.07, 6.45) is 3.80. The van der Waals surface area contributed by atoms with Gasteiger partial charge in [0.15, 0.2) is 0 Å². The van der Waals surface area contributed by atoms with Gasteiger partial charge in [0, 0.05) is 5.54 Å². The van der Waals surface area contributed by atoms with Crippen molar-refractivity contribution in [3.8, 4) is 0 Å². The van der Waals surface area contributed by atoms with Crippen molar-refractivity contribution >= 4 is 0 Å². The first-order valence-electron chi connectivity index (χ1n) is 6.55. The Balaban J connectivity index is 2.36. The second-order valence-electron chi connectivity index (χ2n) is 6.05. The summed E-state index contributed by atoms with van der Waals surface area (Å²) in [5, 5.41) is 0. The van der Waals surface area contributed by atoms with Crippen LogP contribution in [0.5, 0.6) is 0 Å². The molecular weight excluding hydrogens is 198 g/mol. The normalized spacial score (nSPS) is 26.2. The van der Waals surface area contributed by atoms with E-state index >= 15 is 0 Å². The van der Waals surface area contributed by atoms with Gasteiger partial charge in [0.05, 0.1) is 0 Å². The Labute approximate surface area is 101 Å². The van der Waals surface area contributed by atoms with Crippen LogP contribution in [0.3, 0.4) is 0 Å². The number of likely N-dealkylation sites (tertiary alicyclic amines) is 1. The Morgan fingerprint density at radius 3 is 2.56 bits per heavy atom. The van der Waals surface area contributed by atoms with Gasteiger partial charge >= 0.3 is 0 Å². The molecule has 1 fully saturated rings. The van der Waals surface area contributed by atoms with E-state index in [0.29, 0.717) is 5.54 Å². The molecule has 0 aliphatic carbocycles. The molecule has 0 aromatic carbocycles. The van der Waals surface area contributed by atoms with Crippen LogP contribution in [0.15, 0.2) is 0 Å². The second-order valence-corrected chi connectivity index (χ2v) is 6.05. The van der Waals surface area contributed by atoms with Crippen LogP contribution in [-0.4, -0.2) is 55.6 Å². The summed E-state index contributed by atoms with van der Waals surface area (Å²) in [7, 11) is 4.29. The Hall–Kier alpha value is -0.120. The maximum absolute atomic E-state index is 5.78. The molecule has 0 saturated carbocycles. The van der Waals surface area contributed by atoms with Crippen molar-refractivity contribution in [2.24, 2.45) is 11.7 Å². The molecule has 1 rings (SSSR count). The molecule has 1 unspecified atom stereocenters. The van der Waals surface area contributed by atoms with Gasteiger partial charge < -0.3 is 10.6 Å². The van der Waals surface area contributed by atoms with Gasteiger partial charge in [-0.15, -0.1) is 0 Å². The zero-order valence-corrected chi connectivity index (χ0v) is 11.5. The summed E-state index contributed by atoms with van der Waals surface area (Å²) < 4.78 is 0. The van der Waals surface area contributed by atoms with Gasteiger partial charge in [-0.05, 0) is 79.3 Å². The summed E-state index contributed by atoms with van der Waals surface area (Å²) in [4.78, 5) is 4.91. The van der Waals surface area contributed by atoms with Gasteiger partial charge in [-0.3, -0.25) is 4.90 Å². The van der Waals surface area contributed by atoms with E-state index in [9.17, 15) is 0 Å². The third-order valence-electron chi connectivity index (χ3n) is 3.82. The number of hydrogen-bond donors (Lipinski definition) is 1. The lowest BCUT2D eigenvalue weighted by Gasteiger charge is -2.45. The van der Waals surface area contributed by atoms with Gasteiger partial charge in [-0.1, -0.05) is 0 Å². The number of piperidine rings is 1. The van der Waals surface area contributed by atoms with Crippen molar-refractivity contribution in [2.45, 2.75) is 38.6 Å². The SMILES string of the molecule is CN(C)CCCN1CCC(CN)CC1(C)C. The van der Waals surface area contributed by atoms with Crippen LogP contribution in [0.4, 0.5) is 0 Å². The van der Waals surface area contributed by atoms with Crippen LogP contribution in [0.2, 0.25) is 0 Å². The maximum atomic E-state index is 5.78. The predicted octanol–water partition coefficient (Wildman–Crippen LogP) is 1.39. The van der Waals surface area contributed by atoms with E-state index in [2.05, 4.69) is 37.7 Å². The lowest BCUT2D eigenvalue weighted by molar-refractivity contribution is 0.0464. The minimum atomic E-state index is 0.342. The average Bonchev–Trinajstić information content (AvgIpc) is 2.19. The topological polar surface area (TPSA) is 32.5 Å². The molecule has 1 aliphatic heterocycles. The zero-order valence-electron chi connectivity index (χ0n) is 11.5. The standard InChI is InChI=1S/C13H29N3/c1-13(2)10-12(11-14)6-9-16(13)8-5-7-15(3)4/h12H,5-11,14H2,1-4H3. The average molecular weight is 227 g/mol. The molecule has 16 heavy (non-hydrogen) atoms. The minimum absolute atomic E-state index is 0.342. The first kappa shape index (κ1) is 13.9. The van der Waals surface area contributed by atoms with E-state index in [-0.39, 0.29) is 0 Å². The molecule has 1 aliphatic rings. The highest BCUT2D eigenvalue weighted by atomic mass is 15.2. The summed E-state index contributed by atoms with van der Waals surface area (Å²) >= 11 is 0. The third-order valence-corrected chi connectivity index (χ3v) is 3.82. The fourth-order valence-corrected chi connectivity index (χ4v) is 2.77. The molecule has 3 nitrogen and oxygen atoms in total. The number of nitrogens with two attached hydrogens (primary N) is 1. The zero-order chi connectivity index (χ0) is 12.2. The summed E-state index contributed by atoms with van der Waals surface area (Å²) in [6, 6.07) is 0. The highest BCUT2D eigenvalue weighted by Crippen LogP contribution is 2.30. The third kappa shape index (κ3) is 4.04. The summed E-state index contributed by atoms with van der Waals surface area (Å²) in [6.45, 7) is 9.22. The second kappa shape index (κ2) is 5.99. The minimum Gasteiger partial charge on any atom is -0.330 e. The molecule has 0 amide bonds. The molecule has 0 bridgehead atoms. The van der Waals surface area contributed by atoms with E-state index < -0.39 is 0 Å². The highest BCUT2D eigenvalue weighted by molar-refractivity contribution is 4.89. The molecular formula is C13H29N3. The van der Waals surface area contributed by atoms with Crippen molar-refractivity contribution in [2.75, 3.05) is 40.3 Å². The maximum Gasteiger partial charge on any atom is 0.0156 e. The molecule has 96 valence electrons. The fraction of sp³-hybridized carbons (Fsp3) is 1.00. The van der Waals surface area contributed by atoms with E-state index in [1.807, 2.05) is 0 Å². The molecule has 0 aromatic heterocycles. The first-order chi connectivity index (χ1) is 7.45. The number of nitrogens with zero attached hydrogens (tertiary/aromatic N) is 2. The smallest absolute Gasteiger partial charge is 0.0156 e. The monoisotopic (exact) mass is 227 g/mol. The van der Waals surface area contributed by atoms with Gasteiger partial charge in [-0.25, -0.2) is 0 Å². The van der Waals surface area contributed by atoms with Crippen LogP contribution in [-0.2, 0) is 0 Å². The Morgan fingerprint density at radius 1 is 1.38 bits per heavy atom. The molecule has 3 heteroatoms. The number of rotatable bonds is 5. The Bertz CT molecular complexity index is 201. The molecule has 2 N–H and O–H groups in total. The lowest BCUT2D eigenvalue weighted by Crippen LogP contribution is -2.51. The van der Waals surface area contributed by atoms with Crippen LogP contribution in [0.1, 0.15) is 33.1 Å². The van der Waals surface area contributed by atoms with Crippen molar-refractivity contribution in [3.05, 3.63) is 0 Å². The van der Waals surface area contributed by atoms with E-state index in [0.717, 1.165) is 12.5 Å². The van der Waals surface area contributed by atoms with Gasteiger partial charge in [-0.2, -0.15) is 0 Å². The van der Waals surface area contributed by atoms with E-state index in [4.69, 9.17) is 5.73 Å². The van der Waals surface area contributed by atoms with E-state index in [1.165, 1.54) is 38.9 Å². The van der Waals surface area contributed by atoms with Crippen molar-refractivity contribution in [1.82, 2.24) is 9.80 Å². The van der Waals surface area contributed by atoms with Crippen LogP contribution < -0.4 is 5.73 Å². The van der Waals surface area contributed by atoms with Gasteiger partial charge in [0.2, 0.25) is 0 Å². The van der Waals surface area contributed by atoms with Crippen molar-refractivity contribution < 1.29 is 0 Å². The fourth-order valence-electron chi connectivity index (χ4n) is 2.77. The van der Waals surface area contributed by atoms with Gasteiger partial charge in [0.25, 0.3) is 0 Å². The summed E-state index contributed by atoms with van der Waals surface area (Å²) in [5.74, 6) is 0.736. The quantitative estimate of drug-likeness (QED) is 0.770. The summed E-state index contributed by atoms with van der Waals surface area (Å²) in [5.41, 5.74) is 6.13.